The lowest BCUT2D eigenvalue weighted by atomic mass is 10.1. The highest BCUT2D eigenvalue weighted by atomic mass is 16.5. The van der Waals surface area contributed by atoms with Crippen molar-refractivity contribution < 1.29 is 33.3 Å². The molecule has 186 valence electrons. The molecule has 0 spiro atoms. The van der Waals surface area contributed by atoms with E-state index in [1.54, 1.807) is 55.5 Å². The number of benzene rings is 2. The molecule has 0 N–H and O–H groups in total. The predicted molar refractivity (Wildman–Crippen MR) is 133 cm³/mol. The van der Waals surface area contributed by atoms with Crippen LogP contribution in [0.25, 0.3) is 6.08 Å². The number of carbonyl (C=O) groups is 3. The van der Waals surface area contributed by atoms with Crippen molar-refractivity contribution in [2.24, 2.45) is 0 Å². The number of esters is 3. The van der Waals surface area contributed by atoms with Gasteiger partial charge < -0.3 is 18.9 Å². The van der Waals surface area contributed by atoms with E-state index >= 15 is 0 Å². The van der Waals surface area contributed by atoms with E-state index in [1.165, 1.54) is 13.2 Å². The molecule has 7 heteroatoms. The maximum Gasteiger partial charge on any atom is 0.343 e. The zero-order valence-corrected chi connectivity index (χ0v) is 20.5. The van der Waals surface area contributed by atoms with Crippen LogP contribution < -0.4 is 9.47 Å². The fraction of sp³-hybridized carbons (Fsp3) is 0.321. The monoisotopic (exact) mass is 480 g/mol. The molecule has 0 fully saturated rings. The summed E-state index contributed by atoms with van der Waals surface area (Å²) >= 11 is 0. The Balaban J connectivity index is 1.75. The van der Waals surface area contributed by atoms with Crippen molar-refractivity contribution in [3.05, 3.63) is 77.4 Å². The molecule has 2 rings (SSSR count). The van der Waals surface area contributed by atoms with Gasteiger partial charge in [0.15, 0.2) is 0 Å². The molecule has 0 heterocycles. The number of ether oxygens (including phenoxy) is 4. The van der Waals surface area contributed by atoms with Crippen LogP contribution in [-0.2, 0) is 19.1 Å². The summed E-state index contributed by atoms with van der Waals surface area (Å²) in [5, 5.41) is 0. The minimum Gasteiger partial charge on any atom is -0.493 e. The van der Waals surface area contributed by atoms with Crippen LogP contribution >= 0.6 is 0 Å². The van der Waals surface area contributed by atoms with Gasteiger partial charge in [-0.25, -0.2) is 14.4 Å². The molecule has 0 aliphatic carbocycles. The minimum absolute atomic E-state index is 0.348. The van der Waals surface area contributed by atoms with Gasteiger partial charge in [-0.3, -0.25) is 0 Å². The van der Waals surface area contributed by atoms with Gasteiger partial charge in [0, 0.05) is 11.6 Å². The van der Waals surface area contributed by atoms with Crippen LogP contribution in [0.4, 0.5) is 0 Å². The van der Waals surface area contributed by atoms with E-state index in [4.69, 9.17) is 14.2 Å². The normalized spacial score (nSPS) is 10.6. The van der Waals surface area contributed by atoms with E-state index in [0.717, 1.165) is 42.6 Å². The van der Waals surface area contributed by atoms with Gasteiger partial charge in [0.1, 0.15) is 11.5 Å². The van der Waals surface area contributed by atoms with Crippen LogP contribution in [0, 0.1) is 6.92 Å². The highest BCUT2D eigenvalue weighted by Crippen LogP contribution is 2.21. The molecule has 2 aromatic rings. The number of methoxy groups -OCH3 is 1. The van der Waals surface area contributed by atoms with E-state index in [2.05, 4.69) is 11.3 Å². The maximum atomic E-state index is 12.5. The fourth-order valence-electron chi connectivity index (χ4n) is 3.01. The van der Waals surface area contributed by atoms with Crippen molar-refractivity contribution in [1.29, 1.82) is 0 Å². The molecular weight excluding hydrogens is 448 g/mol. The summed E-state index contributed by atoms with van der Waals surface area (Å²) in [6.45, 7) is 8.02. The van der Waals surface area contributed by atoms with Crippen molar-refractivity contribution in [2.75, 3.05) is 20.3 Å². The van der Waals surface area contributed by atoms with Crippen LogP contribution in [0.3, 0.4) is 0 Å². The van der Waals surface area contributed by atoms with Crippen LogP contribution in [0.15, 0.2) is 60.7 Å². The molecule has 0 saturated carbocycles. The number of hydrogen-bond donors (Lipinski definition) is 0. The average Bonchev–Trinajstić information content (AvgIpc) is 2.85. The molecule has 7 nitrogen and oxygen atoms in total. The van der Waals surface area contributed by atoms with E-state index in [0.29, 0.717) is 30.1 Å². The Hall–Kier alpha value is -3.87. The van der Waals surface area contributed by atoms with E-state index in [9.17, 15) is 14.4 Å². The molecule has 0 aliphatic heterocycles. The summed E-state index contributed by atoms with van der Waals surface area (Å²) < 4.78 is 20.9. The van der Waals surface area contributed by atoms with Crippen molar-refractivity contribution in [2.45, 2.75) is 39.5 Å². The third kappa shape index (κ3) is 9.88. The highest BCUT2D eigenvalue weighted by Gasteiger charge is 2.11. The van der Waals surface area contributed by atoms with Gasteiger partial charge in [0.25, 0.3) is 0 Å². The second-order valence-electron chi connectivity index (χ2n) is 7.97. The Kier molecular flexibility index (Phi) is 11.3. The molecule has 2 aromatic carbocycles. The maximum absolute atomic E-state index is 12.5. The SMILES string of the molecule is C=C(C)C(=O)OCCCCCCOc1ccc(C(=O)Oc2ccc(C=CC(=O)OC)cc2)cc1C. The van der Waals surface area contributed by atoms with Gasteiger partial charge in [-0.1, -0.05) is 18.7 Å². The Morgan fingerprint density at radius 2 is 1.63 bits per heavy atom. The van der Waals surface area contributed by atoms with Gasteiger partial charge in [0.2, 0.25) is 0 Å². The van der Waals surface area contributed by atoms with Crippen molar-refractivity contribution >= 4 is 24.0 Å². The molecule has 0 aromatic heterocycles. The number of rotatable bonds is 13. The summed E-state index contributed by atoms with van der Waals surface area (Å²) in [7, 11) is 1.31. The van der Waals surface area contributed by atoms with Gasteiger partial charge >= 0.3 is 17.9 Å². The van der Waals surface area contributed by atoms with Gasteiger partial charge in [-0.05, 0) is 87.1 Å². The third-order valence-electron chi connectivity index (χ3n) is 4.99. The summed E-state index contributed by atoms with van der Waals surface area (Å²) in [5.74, 6) is -0.137. The van der Waals surface area contributed by atoms with E-state index in [1.807, 2.05) is 6.92 Å². The highest BCUT2D eigenvalue weighted by molar-refractivity contribution is 5.91. The Labute approximate surface area is 206 Å². The zero-order valence-electron chi connectivity index (χ0n) is 20.5. The van der Waals surface area contributed by atoms with E-state index in [-0.39, 0.29) is 5.97 Å². The fourth-order valence-corrected chi connectivity index (χ4v) is 3.01. The Morgan fingerprint density at radius 3 is 2.26 bits per heavy atom. The van der Waals surface area contributed by atoms with Crippen molar-refractivity contribution in [3.8, 4) is 11.5 Å². The summed E-state index contributed by atoms with van der Waals surface area (Å²) in [4.78, 5) is 35.0. The first-order valence-electron chi connectivity index (χ1n) is 11.4. The standard InChI is InChI=1S/C28H32O7/c1-20(2)27(30)34-18-8-6-5-7-17-33-25-15-12-23(19-21(25)3)28(31)35-24-13-9-22(10-14-24)11-16-26(29)32-4/h9-16,19H,1,5-8,17-18H2,2-4H3. The Morgan fingerprint density at radius 1 is 0.943 bits per heavy atom. The lowest BCUT2D eigenvalue weighted by molar-refractivity contribution is -0.139. The smallest absolute Gasteiger partial charge is 0.343 e. The molecule has 35 heavy (non-hydrogen) atoms. The summed E-state index contributed by atoms with van der Waals surface area (Å²) in [6, 6.07) is 12.0. The van der Waals surface area contributed by atoms with Gasteiger partial charge in [0.05, 0.1) is 25.9 Å². The molecular formula is C28H32O7. The molecule has 0 bridgehead atoms. The lowest BCUT2D eigenvalue weighted by Gasteiger charge is -2.11. The number of carbonyl (C=O) groups excluding carboxylic acids is 3. The molecule has 0 unspecified atom stereocenters. The second kappa shape index (κ2) is 14.4. The zero-order chi connectivity index (χ0) is 25.6. The van der Waals surface area contributed by atoms with Crippen molar-refractivity contribution in [3.63, 3.8) is 0 Å². The third-order valence-corrected chi connectivity index (χ3v) is 4.99. The van der Waals surface area contributed by atoms with E-state index < -0.39 is 11.9 Å². The van der Waals surface area contributed by atoms with Crippen LogP contribution in [0.2, 0.25) is 0 Å². The molecule has 0 aliphatic rings. The second-order valence-corrected chi connectivity index (χ2v) is 7.97. The van der Waals surface area contributed by atoms with Crippen LogP contribution in [0.1, 0.15) is 54.1 Å². The lowest BCUT2D eigenvalue weighted by Crippen LogP contribution is -2.09. The minimum atomic E-state index is -0.468. The first-order valence-corrected chi connectivity index (χ1v) is 11.4. The van der Waals surface area contributed by atoms with Gasteiger partial charge in [-0.15, -0.1) is 0 Å². The quantitative estimate of drug-likeness (QED) is 0.163. The summed E-state index contributed by atoms with van der Waals surface area (Å²) in [6.07, 6.45) is 6.52. The topological polar surface area (TPSA) is 88.1 Å². The van der Waals surface area contributed by atoms with Gasteiger partial charge in [-0.2, -0.15) is 0 Å². The predicted octanol–water partition coefficient (Wildman–Crippen LogP) is 5.46. The number of aryl methyl sites for hydroxylation is 1. The van der Waals surface area contributed by atoms with Crippen LogP contribution in [0.5, 0.6) is 11.5 Å². The summed E-state index contributed by atoms with van der Waals surface area (Å²) in [5.41, 5.74) is 2.45. The largest absolute Gasteiger partial charge is 0.493 e. The van der Waals surface area contributed by atoms with Crippen LogP contribution in [-0.4, -0.2) is 38.2 Å². The average molecular weight is 481 g/mol. The molecule has 0 amide bonds. The molecule has 0 atom stereocenters. The number of unbranched alkanes of at least 4 members (excludes halogenated alkanes) is 3. The molecule has 0 saturated heterocycles. The number of hydrogen-bond acceptors (Lipinski definition) is 7. The molecule has 0 radical (unpaired) electrons. The first kappa shape index (κ1) is 27.4. The van der Waals surface area contributed by atoms with Crippen molar-refractivity contribution in [1.82, 2.24) is 0 Å². The first-order chi connectivity index (χ1) is 16.8. The Bertz CT molecular complexity index is 1050.